The molecule has 0 spiro atoms. The van der Waals surface area contributed by atoms with Crippen LogP contribution in [0.4, 0.5) is 0 Å². The highest BCUT2D eigenvalue weighted by molar-refractivity contribution is 5.90. The Morgan fingerprint density at radius 1 is 1.39 bits per heavy atom. The molecule has 0 amide bonds. The van der Waals surface area contributed by atoms with E-state index in [2.05, 4.69) is 0 Å². The van der Waals surface area contributed by atoms with Crippen molar-refractivity contribution in [2.24, 2.45) is 5.41 Å². The molecule has 18 heavy (non-hydrogen) atoms. The first-order valence-electron chi connectivity index (χ1n) is 5.77. The van der Waals surface area contributed by atoms with E-state index in [-0.39, 0.29) is 12.0 Å². The third kappa shape index (κ3) is 2.98. The van der Waals surface area contributed by atoms with Gasteiger partial charge in [-0.1, -0.05) is 17.7 Å². The summed E-state index contributed by atoms with van der Waals surface area (Å²) < 4.78 is 4.94. The van der Waals surface area contributed by atoms with Gasteiger partial charge in [-0.05, 0) is 26.2 Å². The molecule has 0 aromatic carbocycles. The number of allylic oxidation sites excluding steroid dienone is 2. The minimum absolute atomic E-state index is 0.0243. The molecule has 1 unspecified atom stereocenters. The number of methoxy groups -OCH3 is 1. The number of hydrogen-bond donors (Lipinski definition) is 2. The largest absolute Gasteiger partial charge is 0.481 e. The van der Waals surface area contributed by atoms with E-state index < -0.39 is 17.4 Å². The van der Waals surface area contributed by atoms with E-state index in [1.54, 1.807) is 20.1 Å². The summed E-state index contributed by atoms with van der Waals surface area (Å²) in [6, 6.07) is 0. The highest BCUT2D eigenvalue weighted by Gasteiger charge is 2.40. The topological polar surface area (TPSA) is 83.8 Å². The first kappa shape index (κ1) is 14.4. The lowest BCUT2D eigenvalue weighted by Crippen LogP contribution is -2.33. The maximum Gasteiger partial charge on any atom is 0.331 e. The second kappa shape index (κ2) is 5.82. The molecular weight excluding hydrogens is 236 g/mol. The fraction of sp³-hybridized carbons (Fsp3) is 0.538. The zero-order valence-corrected chi connectivity index (χ0v) is 10.6. The van der Waals surface area contributed by atoms with Gasteiger partial charge >= 0.3 is 11.9 Å². The molecule has 0 bridgehead atoms. The molecular formula is C13H18O5. The zero-order chi connectivity index (χ0) is 13.8. The van der Waals surface area contributed by atoms with Gasteiger partial charge in [0.25, 0.3) is 0 Å². The number of hydrogen-bond acceptors (Lipinski definition) is 3. The molecule has 100 valence electrons. The molecule has 0 aromatic rings. The normalized spacial score (nSPS) is 23.2. The van der Waals surface area contributed by atoms with E-state index in [0.717, 1.165) is 12.0 Å². The van der Waals surface area contributed by atoms with Crippen LogP contribution in [0.3, 0.4) is 0 Å². The van der Waals surface area contributed by atoms with Crippen molar-refractivity contribution in [3.63, 3.8) is 0 Å². The summed E-state index contributed by atoms with van der Waals surface area (Å²) in [7, 11) is 1.59. The van der Waals surface area contributed by atoms with Gasteiger partial charge in [-0.3, -0.25) is 4.79 Å². The van der Waals surface area contributed by atoms with Crippen molar-refractivity contribution in [3.05, 3.63) is 23.3 Å². The van der Waals surface area contributed by atoms with E-state index in [9.17, 15) is 14.7 Å². The number of aliphatic carboxylic acids is 2. The molecule has 1 atom stereocenters. The first-order chi connectivity index (χ1) is 8.41. The lowest BCUT2D eigenvalue weighted by molar-refractivity contribution is -0.146. The molecule has 0 aromatic heterocycles. The van der Waals surface area contributed by atoms with E-state index in [4.69, 9.17) is 9.84 Å². The standard InChI is InChI=1S/C13H18O5/c1-13(12(16)17)8-9(11(14)15)5-6-10(13)4-3-7-18-2/h5-6H,3-4,7-8H2,1-2H3,(H,14,15)(H,16,17). The molecule has 0 saturated heterocycles. The SMILES string of the molecule is COCCCC1=CC=C(C(=O)O)CC1(C)C(=O)O. The van der Waals surface area contributed by atoms with Crippen LogP contribution in [0.2, 0.25) is 0 Å². The number of ether oxygens (including phenoxy) is 1. The summed E-state index contributed by atoms with van der Waals surface area (Å²) in [4.78, 5) is 22.3. The average molecular weight is 254 g/mol. The van der Waals surface area contributed by atoms with Gasteiger partial charge in [-0.2, -0.15) is 0 Å². The number of carboxylic acids is 2. The van der Waals surface area contributed by atoms with Crippen molar-refractivity contribution in [2.75, 3.05) is 13.7 Å². The lowest BCUT2D eigenvalue weighted by atomic mass is 9.72. The van der Waals surface area contributed by atoms with Gasteiger partial charge in [0.15, 0.2) is 0 Å². The summed E-state index contributed by atoms with van der Waals surface area (Å²) in [5.74, 6) is -2.05. The highest BCUT2D eigenvalue weighted by Crippen LogP contribution is 2.40. The van der Waals surface area contributed by atoms with E-state index in [1.807, 2.05) is 0 Å². The van der Waals surface area contributed by atoms with Gasteiger partial charge in [0.05, 0.1) is 5.41 Å². The average Bonchev–Trinajstić information content (AvgIpc) is 2.31. The maximum atomic E-state index is 11.4. The Bertz CT molecular complexity index is 408. The second-order valence-electron chi connectivity index (χ2n) is 4.60. The Balaban J connectivity index is 2.94. The predicted molar refractivity (Wildman–Crippen MR) is 65.3 cm³/mol. The van der Waals surface area contributed by atoms with Crippen molar-refractivity contribution < 1.29 is 24.5 Å². The molecule has 5 nitrogen and oxygen atoms in total. The second-order valence-corrected chi connectivity index (χ2v) is 4.60. The fourth-order valence-electron chi connectivity index (χ4n) is 2.06. The van der Waals surface area contributed by atoms with Crippen molar-refractivity contribution in [2.45, 2.75) is 26.2 Å². The quantitative estimate of drug-likeness (QED) is 0.707. The Labute approximate surface area is 106 Å². The van der Waals surface area contributed by atoms with Crippen molar-refractivity contribution >= 4 is 11.9 Å². The van der Waals surface area contributed by atoms with Gasteiger partial charge in [-0.15, -0.1) is 0 Å². The van der Waals surface area contributed by atoms with Crippen LogP contribution >= 0.6 is 0 Å². The molecule has 2 N–H and O–H groups in total. The highest BCUT2D eigenvalue weighted by atomic mass is 16.5. The number of carboxylic acid groups (broad SMARTS) is 2. The molecule has 5 heteroatoms. The third-order valence-corrected chi connectivity index (χ3v) is 3.28. The minimum Gasteiger partial charge on any atom is -0.481 e. The van der Waals surface area contributed by atoms with Crippen molar-refractivity contribution in [3.8, 4) is 0 Å². The predicted octanol–water partition coefficient (Wildman–Crippen LogP) is 1.84. The zero-order valence-electron chi connectivity index (χ0n) is 10.6. The number of rotatable bonds is 6. The van der Waals surface area contributed by atoms with Crippen molar-refractivity contribution in [1.29, 1.82) is 0 Å². The number of carbonyl (C=O) groups is 2. The molecule has 0 fully saturated rings. The Kier molecular flexibility index (Phi) is 4.67. The van der Waals surface area contributed by atoms with Crippen molar-refractivity contribution in [1.82, 2.24) is 0 Å². The maximum absolute atomic E-state index is 11.4. The van der Waals surface area contributed by atoms with Gasteiger partial charge < -0.3 is 14.9 Å². The fourth-order valence-corrected chi connectivity index (χ4v) is 2.06. The summed E-state index contributed by atoms with van der Waals surface area (Å²) in [5.41, 5.74) is -0.247. The Morgan fingerprint density at radius 2 is 2.06 bits per heavy atom. The van der Waals surface area contributed by atoms with Gasteiger partial charge in [0.1, 0.15) is 0 Å². The summed E-state index contributed by atoms with van der Waals surface area (Å²) in [6.45, 7) is 2.13. The van der Waals surface area contributed by atoms with Crippen LogP contribution in [0.15, 0.2) is 23.3 Å². The molecule has 0 aliphatic heterocycles. The van der Waals surface area contributed by atoms with Crippen LogP contribution in [0.1, 0.15) is 26.2 Å². The van der Waals surface area contributed by atoms with Gasteiger partial charge in [0.2, 0.25) is 0 Å². The lowest BCUT2D eigenvalue weighted by Gasteiger charge is -2.31. The summed E-state index contributed by atoms with van der Waals surface area (Å²) in [6.07, 6.45) is 4.46. The molecule has 1 aliphatic rings. The molecule has 1 aliphatic carbocycles. The van der Waals surface area contributed by atoms with Crippen LogP contribution in [0.5, 0.6) is 0 Å². The van der Waals surface area contributed by atoms with E-state index >= 15 is 0 Å². The van der Waals surface area contributed by atoms with Crippen LogP contribution in [-0.2, 0) is 14.3 Å². The first-order valence-corrected chi connectivity index (χ1v) is 5.77. The van der Waals surface area contributed by atoms with Crippen LogP contribution in [0.25, 0.3) is 0 Å². The monoisotopic (exact) mass is 254 g/mol. The summed E-state index contributed by atoms with van der Waals surface area (Å²) >= 11 is 0. The Hall–Kier alpha value is -1.62. The third-order valence-electron chi connectivity index (χ3n) is 3.28. The van der Waals surface area contributed by atoms with E-state index in [1.165, 1.54) is 6.08 Å². The van der Waals surface area contributed by atoms with Crippen LogP contribution < -0.4 is 0 Å². The molecule has 0 saturated carbocycles. The minimum atomic E-state index is -1.13. The molecule has 0 heterocycles. The van der Waals surface area contributed by atoms with E-state index in [0.29, 0.717) is 13.0 Å². The molecule has 1 rings (SSSR count). The Morgan fingerprint density at radius 3 is 2.56 bits per heavy atom. The van der Waals surface area contributed by atoms with Crippen LogP contribution in [-0.4, -0.2) is 35.9 Å². The smallest absolute Gasteiger partial charge is 0.331 e. The van der Waals surface area contributed by atoms with Gasteiger partial charge in [0, 0.05) is 19.3 Å². The van der Waals surface area contributed by atoms with Gasteiger partial charge in [-0.25, -0.2) is 4.79 Å². The molecule has 0 radical (unpaired) electrons. The summed E-state index contributed by atoms with van der Waals surface area (Å²) in [5, 5.41) is 18.3. The van der Waals surface area contributed by atoms with Crippen LogP contribution in [0, 0.1) is 5.41 Å².